The van der Waals surface area contributed by atoms with Crippen molar-refractivity contribution in [2.24, 2.45) is 28.6 Å². The first-order valence-corrected chi connectivity index (χ1v) is 16.9. The van der Waals surface area contributed by atoms with Crippen LogP contribution in [0.3, 0.4) is 0 Å². The first kappa shape index (κ1) is 32.6. The fraction of sp³-hybridized carbons (Fsp3) is 0.800. The normalized spacial score (nSPS) is 35.8. The van der Waals surface area contributed by atoms with Gasteiger partial charge in [-0.2, -0.15) is 0 Å². The molecule has 0 amide bonds. The number of esters is 1. The molecule has 11 nitrogen and oxygen atoms in total. The summed E-state index contributed by atoms with van der Waals surface area (Å²) in [7, 11) is -3.77. The van der Waals surface area contributed by atoms with E-state index in [0.717, 1.165) is 5.57 Å². The number of allylic oxidation sites excluding steroid dienone is 1. The average Bonchev–Trinajstić information content (AvgIpc) is 3.18. The van der Waals surface area contributed by atoms with Gasteiger partial charge in [0.1, 0.15) is 5.75 Å². The number of fused-ring (bicyclic) bond motifs is 5. The van der Waals surface area contributed by atoms with E-state index in [2.05, 4.69) is 6.92 Å². The molecule has 7 atom stereocenters. The fourth-order valence-electron chi connectivity index (χ4n) is 8.85. The Hall–Kier alpha value is -2.31. The molecular weight excluding hydrogens is 568 g/mol. The van der Waals surface area contributed by atoms with Gasteiger partial charge in [-0.05, 0) is 80.6 Å². The van der Waals surface area contributed by atoms with Gasteiger partial charge in [-0.15, -0.1) is 0 Å². The highest BCUT2D eigenvalue weighted by Gasteiger charge is 2.70. The number of hydrogen-bond acceptors (Lipinski definition) is 10. The zero-order valence-electron chi connectivity index (χ0n) is 24.5. The van der Waals surface area contributed by atoms with Gasteiger partial charge in [0, 0.05) is 18.4 Å². The van der Waals surface area contributed by atoms with E-state index in [0.29, 0.717) is 57.8 Å². The molecule has 12 heteroatoms. The zero-order chi connectivity index (χ0) is 30.9. The van der Waals surface area contributed by atoms with E-state index >= 15 is 0 Å². The Balaban J connectivity index is 1.49. The van der Waals surface area contributed by atoms with Crippen molar-refractivity contribution >= 4 is 33.5 Å². The summed E-state index contributed by atoms with van der Waals surface area (Å²) in [5.74, 6) is -3.20. The summed E-state index contributed by atoms with van der Waals surface area (Å²) in [6.07, 6.45) is 4.45. The lowest BCUT2D eigenvalue weighted by atomic mass is 9.45. The maximum absolute atomic E-state index is 13.7. The predicted molar refractivity (Wildman–Crippen MR) is 150 cm³/mol. The van der Waals surface area contributed by atoms with Gasteiger partial charge in [0.25, 0.3) is 0 Å². The van der Waals surface area contributed by atoms with Crippen molar-refractivity contribution in [3.63, 3.8) is 0 Å². The Kier molecular flexibility index (Phi) is 9.59. The number of sulfone groups is 1. The van der Waals surface area contributed by atoms with E-state index in [4.69, 9.17) is 14.6 Å². The van der Waals surface area contributed by atoms with Crippen LogP contribution in [-0.4, -0.2) is 83.9 Å². The van der Waals surface area contributed by atoms with Gasteiger partial charge in [0.2, 0.25) is 5.78 Å². The first-order valence-electron chi connectivity index (χ1n) is 15.0. The molecule has 0 aromatic heterocycles. The minimum Gasteiger partial charge on any atom is -0.457 e. The summed E-state index contributed by atoms with van der Waals surface area (Å²) < 4.78 is 35.2. The molecule has 0 aliphatic heterocycles. The molecule has 0 radical (unpaired) electrons. The first-order chi connectivity index (χ1) is 19.7. The van der Waals surface area contributed by atoms with Crippen LogP contribution in [0.5, 0.6) is 0 Å². The predicted octanol–water partition coefficient (Wildman–Crippen LogP) is 3.00. The number of rotatable bonds is 12. The third-order valence-electron chi connectivity index (χ3n) is 10.8. The maximum atomic E-state index is 13.7. The Morgan fingerprint density at radius 2 is 1.76 bits per heavy atom. The van der Waals surface area contributed by atoms with Crippen molar-refractivity contribution in [2.75, 3.05) is 24.7 Å². The van der Waals surface area contributed by atoms with Crippen LogP contribution in [-0.2, 0) is 33.7 Å². The lowest BCUT2D eigenvalue weighted by Gasteiger charge is -2.60. The number of unbranched alkanes of at least 4 members (excludes halogenated alkanes) is 3. The highest BCUT2D eigenvalue weighted by Crippen LogP contribution is 2.68. The van der Waals surface area contributed by atoms with E-state index in [-0.39, 0.29) is 54.2 Å². The molecule has 3 fully saturated rings. The number of carbonyl (C=O) groups excluding carboxylic acids is 3. The van der Waals surface area contributed by atoms with Crippen molar-refractivity contribution in [3.05, 3.63) is 11.6 Å². The molecular formula is C30H44O11S. The van der Waals surface area contributed by atoms with Gasteiger partial charge in [0.15, 0.2) is 27.8 Å². The summed E-state index contributed by atoms with van der Waals surface area (Å²) in [6, 6.07) is 0. The third-order valence-corrected chi connectivity index (χ3v) is 12.4. The number of aliphatic hydroxyl groups excluding tert-OH is 2. The lowest BCUT2D eigenvalue weighted by Crippen LogP contribution is -2.63. The number of ketones is 2. The molecule has 3 N–H and O–H groups in total. The molecule has 0 bridgehead atoms. The second-order valence-corrected chi connectivity index (χ2v) is 15.3. The van der Waals surface area contributed by atoms with Crippen molar-refractivity contribution in [3.8, 4) is 0 Å². The number of carbonyl (C=O) groups is 4. The number of aliphatic hydroxyl groups is 2. The molecule has 0 saturated heterocycles. The maximum Gasteiger partial charge on any atom is 0.506 e. The SMILES string of the molecule is C[C@]12CCC(=O)C=C1CC[C@@H]1[C@@H]2[C@@H](O)C[C@@]2(C)[C@H]1CC[C@]2(OC(=O)O)C(=O)COC(=O)CS(=O)(=O)CCCCCCO. The molecule has 4 rings (SSSR count). The lowest BCUT2D eigenvalue weighted by molar-refractivity contribution is -0.187. The molecule has 3 saturated carbocycles. The van der Waals surface area contributed by atoms with Gasteiger partial charge in [-0.25, -0.2) is 13.2 Å². The Bertz CT molecular complexity index is 1230. The minimum atomic E-state index is -3.77. The van der Waals surface area contributed by atoms with Crippen molar-refractivity contribution in [1.82, 2.24) is 0 Å². The van der Waals surface area contributed by atoms with E-state index in [1.807, 2.05) is 0 Å². The van der Waals surface area contributed by atoms with Gasteiger partial charge in [-0.3, -0.25) is 14.4 Å². The number of carboxylic acid groups (broad SMARTS) is 1. The zero-order valence-corrected chi connectivity index (χ0v) is 25.3. The Morgan fingerprint density at radius 3 is 2.45 bits per heavy atom. The number of Topliss-reactive ketones (excluding diaryl/α,β-unsaturated/α-hetero) is 1. The van der Waals surface area contributed by atoms with Crippen LogP contribution in [0.15, 0.2) is 11.6 Å². The third kappa shape index (κ3) is 6.04. The van der Waals surface area contributed by atoms with Gasteiger partial charge in [0.05, 0.1) is 11.9 Å². The molecule has 42 heavy (non-hydrogen) atoms. The topological polar surface area (TPSA) is 182 Å². The summed E-state index contributed by atoms with van der Waals surface area (Å²) in [5, 5.41) is 30.1. The van der Waals surface area contributed by atoms with Crippen LogP contribution in [0, 0.1) is 28.6 Å². The fourth-order valence-corrected chi connectivity index (χ4v) is 10.1. The van der Waals surface area contributed by atoms with E-state index in [1.54, 1.807) is 13.0 Å². The van der Waals surface area contributed by atoms with Gasteiger partial charge >= 0.3 is 12.1 Å². The minimum absolute atomic E-state index is 0.0220. The smallest absolute Gasteiger partial charge is 0.457 e. The molecule has 0 unspecified atom stereocenters. The van der Waals surface area contributed by atoms with Crippen LogP contribution in [0.1, 0.15) is 84.5 Å². The molecule has 0 aromatic rings. The summed E-state index contributed by atoms with van der Waals surface area (Å²) in [6.45, 7) is 3.06. The second-order valence-electron chi connectivity index (χ2n) is 13.1. The van der Waals surface area contributed by atoms with Gasteiger partial charge < -0.3 is 24.8 Å². The monoisotopic (exact) mass is 612 g/mol. The van der Waals surface area contributed by atoms with Crippen LogP contribution >= 0.6 is 0 Å². The molecule has 4 aliphatic rings. The second kappa shape index (κ2) is 12.4. The van der Waals surface area contributed by atoms with Crippen molar-refractivity contribution in [1.29, 1.82) is 0 Å². The molecule has 0 heterocycles. The van der Waals surface area contributed by atoms with Crippen LogP contribution in [0.2, 0.25) is 0 Å². The van der Waals surface area contributed by atoms with Crippen molar-refractivity contribution < 1.29 is 52.4 Å². The summed E-state index contributed by atoms with van der Waals surface area (Å²) in [4.78, 5) is 50.2. The summed E-state index contributed by atoms with van der Waals surface area (Å²) >= 11 is 0. The van der Waals surface area contributed by atoms with Crippen LogP contribution < -0.4 is 0 Å². The van der Waals surface area contributed by atoms with E-state index < -0.39 is 57.2 Å². The van der Waals surface area contributed by atoms with Crippen LogP contribution in [0.25, 0.3) is 0 Å². The molecule has 0 aromatic carbocycles. The van der Waals surface area contributed by atoms with Crippen molar-refractivity contribution in [2.45, 2.75) is 96.2 Å². The Labute approximate surface area is 246 Å². The van der Waals surface area contributed by atoms with E-state index in [9.17, 15) is 37.8 Å². The highest BCUT2D eigenvalue weighted by atomic mass is 32.2. The largest absolute Gasteiger partial charge is 0.506 e. The van der Waals surface area contributed by atoms with Gasteiger partial charge in [-0.1, -0.05) is 32.3 Å². The standard InChI is InChI=1S/C30H44O11S/c1-28-11-9-20(32)15-19(28)7-8-21-22-10-12-30(41-27(36)37,29(22,2)16-23(33)26(21)28)24(34)17-40-25(35)18-42(38,39)14-6-4-3-5-13-31/h15,21-23,26,31,33H,3-14,16-18H2,1-2H3,(H,36,37)/t21-,22-,23-,26+,28-,29-,30-/m0/s1. The number of ether oxygens (including phenoxy) is 2. The molecule has 236 valence electrons. The highest BCUT2D eigenvalue weighted by molar-refractivity contribution is 7.92. The van der Waals surface area contributed by atoms with E-state index in [1.165, 1.54) is 0 Å². The van der Waals surface area contributed by atoms with Crippen LogP contribution in [0.4, 0.5) is 4.79 Å². The molecule has 4 aliphatic carbocycles. The number of hydrogen-bond donors (Lipinski definition) is 3. The quantitative estimate of drug-likeness (QED) is 0.218. The Morgan fingerprint density at radius 1 is 1.05 bits per heavy atom. The molecule has 0 spiro atoms. The summed E-state index contributed by atoms with van der Waals surface area (Å²) in [5.41, 5.74) is -2.24. The average molecular weight is 613 g/mol.